The van der Waals surface area contributed by atoms with E-state index in [2.05, 4.69) is 5.32 Å². The molecule has 2 aromatic rings. The summed E-state index contributed by atoms with van der Waals surface area (Å²) in [7, 11) is 0. The van der Waals surface area contributed by atoms with E-state index in [1.54, 1.807) is 42.5 Å². The fraction of sp³-hybridized carbons (Fsp3) is 0.263. The maximum absolute atomic E-state index is 12.6. The summed E-state index contributed by atoms with van der Waals surface area (Å²) in [5.74, 6) is -0.255. The Balaban J connectivity index is 1.82. The van der Waals surface area contributed by atoms with Gasteiger partial charge < -0.3 is 16.0 Å². The molecule has 1 saturated heterocycles. The Morgan fingerprint density at radius 2 is 1.74 bits per heavy atom. The van der Waals surface area contributed by atoms with Crippen LogP contribution in [-0.4, -0.2) is 35.9 Å². The lowest BCUT2D eigenvalue weighted by Crippen LogP contribution is -2.46. The van der Waals surface area contributed by atoms with Gasteiger partial charge in [-0.3, -0.25) is 14.9 Å². The summed E-state index contributed by atoms with van der Waals surface area (Å²) in [5, 5.41) is 14.2. The van der Waals surface area contributed by atoms with Gasteiger partial charge in [0.05, 0.1) is 4.92 Å². The van der Waals surface area contributed by atoms with E-state index in [0.29, 0.717) is 37.2 Å². The van der Waals surface area contributed by atoms with E-state index in [4.69, 9.17) is 5.73 Å². The number of piperidine rings is 1. The number of nitro benzene ring substituents is 1. The highest BCUT2D eigenvalue weighted by Gasteiger charge is 2.26. The molecule has 2 aromatic carbocycles. The number of nitrogens with zero attached hydrogens (tertiary/aromatic N) is 2. The number of anilines is 1. The van der Waals surface area contributed by atoms with E-state index in [9.17, 15) is 19.7 Å². The Kier molecular flexibility index (Phi) is 5.35. The van der Waals surface area contributed by atoms with Crippen LogP contribution in [-0.2, 0) is 0 Å². The van der Waals surface area contributed by atoms with Crippen LogP contribution in [0.3, 0.4) is 0 Å². The second kappa shape index (κ2) is 7.86. The zero-order chi connectivity index (χ0) is 19.4. The first kappa shape index (κ1) is 18.4. The average molecular weight is 368 g/mol. The quantitative estimate of drug-likeness (QED) is 0.477. The van der Waals surface area contributed by atoms with Crippen molar-refractivity contribution < 1.29 is 14.5 Å². The summed E-state index contributed by atoms with van der Waals surface area (Å²) in [6.07, 6.45) is 1.29. The van der Waals surface area contributed by atoms with Gasteiger partial charge in [0.15, 0.2) is 5.78 Å². The van der Waals surface area contributed by atoms with Crippen molar-refractivity contribution in [3.8, 4) is 0 Å². The number of amides is 2. The fourth-order valence-electron chi connectivity index (χ4n) is 3.30. The van der Waals surface area contributed by atoms with Crippen molar-refractivity contribution >= 4 is 23.2 Å². The van der Waals surface area contributed by atoms with Gasteiger partial charge >= 0.3 is 6.03 Å². The first-order chi connectivity index (χ1) is 13.0. The number of benzene rings is 2. The molecule has 1 heterocycles. The van der Waals surface area contributed by atoms with Gasteiger partial charge in [-0.1, -0.05) is 30.3 Å². The molecule has 27 heavy (non-hydrogen) atoms. The molecule has 8 heteroatoms. The van der Waals surface area contributed by atoms with E-state index in [1.165, 1.54) is 6.07 Å². The molecule has 1 aliphatic heterocycles. The molecular weight excluding hydrogens is 348 g/mol. The van der Waals surface area contributed by atoms with Crippen LogP contribution >= 0.6 is 0 Å². The summed E-state index contributed by atoms with van der Waals surface area (Å²) in [6.45, 7) is 1.11. The zero-order valence-corrected chi connectivity index (χ0v) is 14.6. The van der Waals surface area contributed by atoms with Gasteiger partial charge in [0.2, 0.25) is 0 Å². The monoisotopic (exact) mass is 368 g/mol. The molecule has 0 aromatic heterocycles. The molecule has 0 saturated carbocycles. The van der Waals surface area contributed by atoms with Crippen LogP contribution in [0.25, 0.3) is 0 Å². The van der Waals surface area contributed by atoms with Gasteiger partial charge in [0.1, 0.15) is 5.69 Å². The van der Waals surface area contributed by atoms with Crippen molar-refractivity contribution in [1.82, 2.24) is 5.32 Å². The highest BCUT2D eigenvalue weighted by Crippen LogP contribution is 2.32. The van der Waals surface area contributed by atoms with Gasteiger partial charge in [0.25, 0.3) is 5.69 Å². The number of nitrogens with one attached hydrogen (secondary N) is 1. The predicted octanol–water partition coefficient (Wildman–Crippen LogP) is 2.46. The molecule has 0 spiro atoms. The Morgan fingerprint density at radius 1 is 1.07 bits per heavy atom. The van der Waals surface area contributed by atoms with Crippen molar-refractivity contribution in [2.24, 2.45) is 5.73 Å². The Hall–Kier alpha value is -3.42. The van der Waals surface area contributed by atoms with Gasteiger partial charge in [-0.25, -0.2) is 4.79 Å². The number of urea groups is 1. The molecule has 0 atom stereocenters. The van der Waals surface area contributed by atoms with E-state index in [-0.39, 0.29) is 23.1 Å². The number of hydrogen-bond acceptors (Lipinski definition) is 5. The number of ketones is 1. The second-order valence-corrected chi connectivity index (χ2v) is 6.43. The molecule has 8 nitrogen and oxygen atoms in total. The first-order valence-corrected chi connectivity index (χ1v) is 8.65. The zero-order valence-electron chi connectivity index (χ0n) is 14.6. The van der Waals surface area contributed by atoms with E-state index in [1.807, 2.05) is 4.90 Å². The summed E-state index contributed by atoms with van der Waals surface area (Å²) < 4.78 is 0. The Bertz CT molecular complexity index is 861. The number of nitro groups is 1. The van der Waals surface area contributed by atoms with Crippen molar-refractivity contribution in [3.05, 3.63) is 69.8 Å². The molecular formula is C19H20N4O4. The van der Waals surface area contributed by atoms with Gasteiger partial charge in [-0.15, -0.1) is 0 Å². The van der Waals surface area contributed by atoms with E-state index >= 15 is 0 Å². The molecule has 1 fully saturated rings. The van der Waals surface area contributed by atoms with E-state index < -0.39 is 11.0 Å². The smallest absolute Gasteiger partial charge is 0.312 e. The molecule has 0 bridgehead atoms. The molecule has 3 N–H and O–H groups in total. The van der Waals surface area contributed by atoms with Crippen molar-refractivity contribution in [3.63, 3.8) is 0 Å². The minimum absolute atomic E-state index is 0.0308. The van der Waals surface area contributed by atoms with Crippen molar-refractivity contribution in [2.75, 3.05) is 18.0 Å². The molecule has 3 rings (SSSR count). The van der Waals surface area contributed by atoms with Crippen LogP contribution in [0, 0.1) is 10.1 Å². The number of carbonyl (C=O) groups excluding carboxylic acids is 2. The maximum Gasteiger partial charge on any atom is 0.312 e. The largest absolute Gasteiger partial charge is 0.366 e. The second-order valence-electron chi connectivity index (χ2n) is 6.43. The van der Waals surface area contributed by atoms with Crippen LogP contribution in [0.15, 0.2) is 48.5 Å². The van der Waals surface area contributed by atoms with Crippen molar-refractivity contribution in [2.45, 2.75) is 18.9 Å². The highest BCUT2D eigenvalue weighted by molar-refractivity contribution is 6.09. The topological polar surface area (TPSA) is 119 Å². The predicted molar refractivity (Wildman–Crippen MR) is 101 cm³/mol. The maximum atomic E-state index is 12.6. The standard InChI is InChI=1S/C19H20N4O4/c20-19(25)21-15-8-10-22(11-9-15)16-7-6-14(12-17(16)23(26)27)18(24)13-4-2-1-3-5-13/h1-7,12,15H,8-11H2,(H3,20,21,25). The molecule has 0 unspecified atom stereocenters. The molecule has 0 radical (unpaired) electrons. The van der Waals surface area contributed by atoms with Gasteiger partial charge in [-0.05, 0) is 25.0 Å². The summed E-state index contributed by atoms with van der Waals surface area (Å²) >= 11 is 0. The number of nitrogens with two attached hydrogens (primary N) is 1. The van der Waals surface area contributed by atoms with Crippen LogP contribution in [0.1, 0.15) is 28.8 Å². The summed E-state index contributed by atoms with van der Waals surface area (Å²) in [6, 6.07) is 12.6. The van der Waals surface area contributed by atoms with Crippen LogP contribution < -0.4 is 16.0 Å². The lowest BCUT2D eigenvalue weighted by molar-refractivity contribution is -0.384. The third-order valence-corrected chi connectivity index (χ3v) is 4.65. The van der Waals surface area contributed by atoms with Crippen LogP contribution in [0.4, 0.5) is 16.2 Å². The number of carbonyl (C=O) groups is 2. The highest BCUT2D eigenvalue weighted by atomic mass is 16.6. The third-order valence-electron chi connectivity index (χ3n) is 4.65. The van der Waals surface area contributed by atoms with E-state index in [0.717, 1.165) is 0 Å². The SMILES string of the molecule is NC(=O)NC1CCN(c2ccc(C(=O)c3ccccc3)cc2[N+](=O)[O-])CC1. The summed E-state index contributed by atoms with van der Waals surface area (Å²) in [5.41, 5.74) is 6.28. The molecule has 2 amide bonds. The minimum atomic E-state index is -0.566. The van der Waals surface area contributed by atoms with Gasteiger partial charge in [0, 0.05) is 36.3 Å². The normalized spacial score (nSPS) is 14.6. The fourth-order valence-corrected chi connectivity index (χ4v) is 3.30. The molecule has 0 aliphatic carbocycles. The number of hydrogen-bond donors (Lipinski definition) is 2. The lowest BCUT2D eigenvalue weighted by atomic mass is 10.0. The first-order valence-electron chi connectivity index (χ1n) is 8.65. The Morgan fingerprint density at radius 3 is 2.33 bits per heavy atom. The van der Waals surface area contributed by atoms with Crippen LogP contribution in [0.5, 0.6) is 0 Å². The molecule has 140 valence electrons. The summed E-state index contributed by atoms with van der Waals surface area (Å²) in [4.78, 5) is 36.5. The number of primary amides is 1. The minimum Gasteiger partial charge on any atom is -0.366 e. The molecule has 1 aliphatic rings. The average Bonchev–Trinajstić information content (AvgIpc) is 2.68. The van der Waals surface area contributed by atoms with Crippen LogP contribution in [0.2, 0.25) is 0 Å². The van der Waals surface area contributed by atoms with Crippen molar-refractivity contribution in [1.29, 1.82) is 0 Å². The number of rotatable bonds is 5. The Labute approximate surface area is 156 Å². The van der Waals surface area contributed by atoms with Gasteiger partial charge in [-0.2, -0.15) is 0 Å². The lowest BCUT2D eigenvalue weighted by Gasteiger charge is -2.33. The third kappa shape index (κ3) is 4.22.